The fraction of sp³-hybridized carbons (Fsp3) is 0.769. The van der Waals surface area contributed by atoms with Gasteiger partial charge in [-0.1, -0.05) is 19.3 Å². The van der Waals surface area contributed by atoms with E-state index in [1.165, 1.54) is 38.3 Å². The molecule has 0 unspecified atom stereocenters. The molecule has 1 heterocycles. The summed E-state index contributed by atoms with van der Waals surface area (Å²) in [5.74, 6) is 0.0711. The van der Waals surface area contributed by atoms with Crippen molar-refractivity contribution in [2.75, 3.05) is 25.9 Å². The molecule has 1 saturated carbocycles. The number of hydrogen-bond acceptors (Lipinski definition) is 5. The van der Waals surface area contributed by atoms with E-state index < -0.39 is 10.0 Å². The van der Waals surface area contributed by atoms with Crippen molar-refractivity contribution in [1.82, 2.24) is 19.8 Å². The Labute approximate surface area is 126 Å². The number of nitrogen functional groups attached to an aromatic ring is 1. The zero-order chi connectivity index (χ0) is 15.3. The van der Waals surface area contributed by atoms with E-state index in [1.807, 2.05) is 0 Å². The molecule has 0 amide bonds. The Hall–Kier alpha value is -1.12. The zero-order valence-electron chi connectivity index (χ0n) is 12.5. The molecule has 0 aliphatic heterocycles. The van der Waals surface area contributed by atoms with E-state index in [-0.39, 0.29) is 10.7 Å². The van der Waals surface area contributed by atoms with Gasteiger partial charge in [0.05, 0.1) is 6.20 Å². The van der Waals surface area contributed by atoms with Crippen LogP contribution >= 0.6 is 0 Å². The van der Waals surface area contributed by atoms with Crippen molar-refractivity contribution in [3.8, 4) is 0 Å². The van der Waals surface area contributed by atoms with Gasteiger partial charge in [0.1, 0.15) is 10.7 Å². The van der Waals surface area contributed by atoms with Crippen LogP contribution in [0.5, 0.6) is 0 Å². The van der Waals surface area contributed by atoms with Gasteiger partial charge in [0.2, 0.25) is 10.0 Å². The SMILES string of the molecule is CN(CCCNS(=O)(=O)c1cn[nH]c1N)C1CCCCC1. The summed E-state index contributed by atoms with van der Waals surface area (Å²) in [5.41, 5.74) is 5.53. The van der Waals surface area contributed by atoms with Gasteiger partial charge >= 0.3 is 0 Å². The van der Waals surface area contributed by atoms with Crippen LogP contribution in [-0.2, 0) is 10.0 Å². The summed E-state index contributed by atoms with van der Waals surface area (Å²) >= 11 is 0. The number of nitrogens with two attached hydrogens (primary N) is 1. The topological polar surface area (TPSA) is 104 Å². The molecule has 0 atom stereocenters. The van der Waals surface area contributed by atoms with Gasteiger partial charge in [-0.25, -0.2) is 13.1 Å². The minimum Gasteiger partial charge on any atom is -0.383 e. The molecule has 120 valence electrons. The number of H-pyrrole nitrogens is 1. The predicted octanol–water partition coefficient (Wildman–Crippen LogP) is 0.925. The smallest absolute Gasteiger partial charge is 0.245 e. The first-order valence-electron chi connectivity index (χ1n) is 7.49. The van der Waals surface area contributed by atoms with Crippen molar-refractivity contribution in [3.05, 3.63) is 6.20 Å². The first-order chi connectivity index (χ1) is 10.0. The molecule has 0 saturated heterocycles. The summed E-state index contributed by atoms with van der Waals surface area (Å²) in [6.07, 6.45) is 8.48. The number of sulfonamides is 1. The molecule has 1 fully saturated rings. The number of aromatic nitrogens is 2. The van der Waals surface area contributed by atoms with Crippen LogP contribution in [0.15, 0.2) is 11.1 Å². The predicted molar refractivity (Wildman–Crippen MR) is 82.3 cm³/mol. The Balaban J connectivity index is 1.73. The summed E-state index contributed by atoms with van der Waals surface area (Å²) in [4.78, 5) is 2.36. The van der Waals surface area contributed by atoms with Gasteiger partial charge in [0.15, 0.2) is 0 Å². The second-order valence-corrected chi connectivity index (χ2v) is 7.41. The lowest BCUT2D eigenvalue weighted by Crippen LogP contribution is -2.35. The van der Waals surface area contributed by atoms with Crippen molar-refractivity contribution in [2.45, 2.75) is 49.5 Å². The Morgan fingerprint density at radius 3 is 2.76 bits per heavy atom. The van der Waals surface area contributed by atoms with E-state index in [0.29, 0.717) is 12.6 Å². The second kappa shape index (κ2) is 7.24. The van der Waals surface area contributed by atoms with Crippen LogP contribution in [-0.4, -0.2) is 49.7 Å². The molecule has 0 bridgehead atoms. The van der Waals surface area contributed by atoms with Crippen LogP contribution in [0.4, 0.5) is 5.82 Å². The third-order valence-electron chi connectivity index (χ3n) is 4.10. The maximum Gasteiger partial charge on any atom is 0.245 e. The van der Waals surface area contributed by atoms with Gasteiger partial charge in [0, 0.05) is 12.6 Å². The average Bonchev–Trinajstić information content (AvgIpc) is 2.91. The van der Waals surface area contributed by atoms with Crippen molar-refractivity contribution in [3.63, 3.8) is 0 Å². The summed E-state index contributed by atoms with van der Waals surface area (Å²) in [6, 6.07) is 0.653. The van der Waals surface area contributed by atoms with Gasteiger partial charge in [0.25, 0.3) is 0 Å². The maximum absolute atomic E-state index is 12.0. The Kier molecular flexibility index (Phi) is 5.60. The summed E-state index contributed by atoms with van der Waals surface area (Å²) < 4.78 is 26.6. The molecule has 21 heavy (non-hydrogen) atoms. The van der Waals surface area contributed by atoms with Crippen molar-refractivity contribution in [1.29, 1.82) is 0 Å². The molecule has 8 heteroatoms. The molecule has 7 nitrogen and oxygen atoms in total. The summed E-state index contributed by atoms with van der Waals surface area (Å²) in [5, 5.41) is 6.05. The number of nitrogens with zero attached hydrogens (tertiary/aromatic N) is 2. The largest absolute Gasteiger partial charge is 0.383 e. The lowest BCUT2D eigenvalue weighted by Gasteiger charge is -2.31. The lowest BCUT2D eigenvalue weighted by atomic mass is 9.94. The number of nitrogens with one attached hydrogen (secondary N) is 2. The third kappa shape index (κ3) is 4.42. The fourth-order valence-corrected chi connectivity index (χ4v) is 3.91. The highest BCUT2D eigenvalue weighted by atomic mass is 32.2. The van der Waals surface area contributed by atoms with Crippen LogP contribution in [0.25, 0.3) is 0 Å². The molecular weight excluding hydrogens is 290 g/mol. The second-order valence-electron chi connectivity index (χ2n) is 5.67. The zero-order valence-corrected chi connectivity index (χ0v) is 13.3. The van der Waals surface area contributed by atoms with E-state index in [4.69, 9.17) is 5.73 Å². The fourth-order valence-electron chi connectivity index (χ4n) is 2.82. The normalized spacial score (nSPS) is 17.4. The monoisotopic (exact) mass is 315 g/mol. The van der Waals surface area contributed by atoms with E-state index in [1.54, 1.807) is 0 Å². The third-order valence-corrected chi connectivity index (χ3v) is 5.59. The Morgan fingerprint density at radius 1 is 1.43 bits per heavy atom. The number of rotatable bonds is 7. The van der Waals surface area contributed by atoms with Crippen LogP contribution in [0.3, 0.4) is 0 Å². The Morgan fingerprint density at radius 2 is 2.14 bits per heavy atom. The molecule has 0 radical (unpaired) electrons. The van der Waals surface area contributed by atoms with Gasteiger partial charge < -0.3 is 10.6 Å². The van der Waals surface area contributed by atoms with Crippen molar-refractivity contribution in [2.24, 2.45) is 0 Å². The lowest BCUT2D eigenvalue weighted by molar-refractivity contribution is 0.190. The van der Waals surface area contributed by atoms with E-state index in [0.717, 1.165) is 13.0 Å². The minimum absolute atomic E-state index is 0.0168. The van der Waals surface area contributed by atoms with Gasteiger partial charge in [-0.05, 0) is 32.9 Å². The molecule has 1 aromatic heterocycles. The molecule has 0 spiro atoms. The quantitative estimate of drug-likeness (QED) is 0.649. The first-order valence-corrected chi connectivity index (χ1v) is 8.98. The van der Waals surface area contributed by atoms with Crippen LogP contribution in [0.2, 0.25) is 0 Å². The molecule has 1 aliphatic carbocycles. The number of hydrogen-bond donors (Lipinski definition) is 3. The minimum atomic E-state index is -3.56. The first kappa shape index (κ1) is 16.3. The maximum atomic E-state index is 12.0. The highest BCUT2D eigenvalue weighted by Gasteiger charge is 2.20. The Bertz CT molecular complexity index is 537. The van der Waals surface area contributed by atoms with Gasteiger partial charge in [-0.15, -0.1) is 0 Å². The summed E-state index contributed by atoms with van der Waals surface area (Å²) in [6.45, 7) is 1.30. The molecule has 0 aromatic carbocycles. The van der Waals surface area contributed by atoms with E-state index >= 15 is 0 Å². The number of anilines is 1. The van der Waals surface area contributed by atoms with Crippen LogP contribution < -0.4 is 10.5 Å². The van der Waals surface area contributed by atoms with E-state index in [2.05, 4.69) is 26.9 Å². The standard InChI is InChI=1S/C13H25N5O2S/c1-18(11-6-3-2-4-7-11)9-5-8-16-21(19,20)12-10-15-17-13(12)14/h10-11,16H,2-9H2,1H3,(H3,14,15,17). The van der Waals surface area contributed by atoms with Crippen LogP contribution in [0, 0.1) is 0 Å². The van der Waals surface area contributed by atoms with Gasteiger partial charge in [-0.2, -0.15) is 5.10 Å². The molecule has 4 N–H and O–H groups in total. The highest BCUT2D eigenvalue weighted by molar-refractivity contribution is 7.89. The molecular formula is C13H25N5O2S. The van der Waals surface area contributed by atoms with E-state index in [9.17, 15) is 8.42 Å². The average molecular weight is 315 g/mol. The van der Waals surface area contributed by atoms with Gasteiger partial charge in [-0.3, -0.25) is 5.10 Å². The highest BCUT2D eigenvalue weighted by Crippen LogP contribution is 2.21. The summed E-state index contributed by atoms with van der Waals surface area (Å²) in [7, 11) is -1.43. The molecule has 1 aliphatic rings. The van der Waals surface area contributed by atoms with Crippen LogP contribution in [0.1, 0.15) is 38.5 Å². The van der Waals surface area contributed by atoms with Crippen molar-refractivity contribution >= 4 is 15.8 Å². The van der Waals surface area contributed by atoms with Crippen molar-refractivity contribution < 1.29 is 8.42 Å². The number of aromatic amines is 1. The molecule has 2 rings (SSSR count). The molecule has 1 aromatic rings.